The van der Waals surface area contributed by atoms with E-state index in [-0.39, 0.29) is 5.92 Å². The number of hydrogen-bond acceptors (Lipinski definition) is 2. The van der Waals surface area contributed by atoms with Crippen LogP contribution in [0, 0.1) is 17.2 Å². The van der Waals surface area contributed by atoms with Gasteiger partial charge in [-0.3, -0.25) is 0 Å². The first-order chi connectivity index (χ1) is 6.72. The molecule has 0 saturated heterocycles. The summed E-state index contributed by atoms with van der Waals surface area (Å²) >= 11 is 7.55. The van der Waals surface area contributed by atoms with Gasteiger partial charge in [-0.05, 0) is 24.6 Å². The average molecular weight is 226 g/mol. The molecule has 0 N–H and O–H groups in total. The summed E-state index contributed by atoms with van der Waals surface area (Å²) in [5.74, 6) is 1.97. The van der Waals surface area contributed by atoms with E-state index >= 15 is 0 Å². The van der Waals surface area contributed by atoms with Gasteiger partial charge in [-0.15, -0.1) is 0 Å². The van der Waals surface area contributed by atoms with Crippen LogP contribution in [-0.4, -0.2) is 5.75 Å². The molecule has 0 spiro atoms. The summed E-state index contributed by atoms with van der Waals surface area (Å²) in [6.07, 6.45) is 0. The standard InChI is InChI=1S/C11H12ClNS/c1-9(6-13)7-14-8-10-2-4-11(12)5-3-10/h2-5,9H,7-8H2,1H3. The van der Waals surface area contributed by atoms with Crippen LogP contribution in [0.3, 0.4) is 0 Å². The summed E-state index contributed by atoms with van der Waals surface area (Å²) in [5.41, 5.74) is 1.25. The zero-order chi connectivity index (χ0) is 10.4. The van der Waals surface area contributed by atoms with E-state index in [1.54, 1.807) is 11.8 Å². The summed E-state index contributed by atoms with van der Waals surface area (Å²) in [7, 11) is 0. The number of hydrogen-bond donors (Lipinski definition) is 0. The molecule has 0 fully saturated rings. The molecule has 0 aliphatic heterocycles. The molecule has 1 nitrogen and oxygen atoms in total. The third kappa shape index (κ3) is 4.04. The van der Waals surface area contributed by atoms with Gasteiger partial charge in [0.2, 0.25) is 0 Å². The van der Waals surface area contributed by atoms with Crippen LogP contribution in [0.4, 0.5) is 0 Å². The van der Waals surface area contributed by atoms with Crippen molar-refractivity contribution in [3.8, 4) is 6.07 Å². The van der Waals surface area contributed by atoms with E-state index in [0.717, 1.165) is 16.5 Å². The van der Waals surface area contributed by atoms with Gasteiger partial charge in [-0.25, -0.2) is 0 Å². The van der Waals surface area contributed by atoms with Crippen LogP contribution in [0.2, 0.25) is 5.02 Å². The Labute approximate surface area is 94.1 Å². The Morgan fingerprint density at radius 3 is 2.64 bits per heavy atom. The molecular formula is C11H12ClNS. The van der Waals surface area contributed by atoms with Gasteiger partial charge in [0.05, 0.1) is 12.0 Å². The highest BCUT2D eigenvalue weighted by molar-refractivity contribution is 7.98. The molecular weight excluding hydrogens is 214 g/mol. The second-order valence-electron chi connectivity index (χ2n) is 3.17. The van der Waals surface area contributed by atoms with Gasteiger partial charge < -0.3 is 0 Å². The Hall–Kier alpha value is -0.650. The largest absolute Gasteiger partial charge is 0.198 e. The fraction of sp³-hybridized carbons (Fsp3) is 0.364. The lowest BCUT2D eigenvalue weighted by Crippen LogP contribution is -1.93. The normalized spacial score (nSPS) is 12.1. The van der Waals surface area contributed by atoms with Crippen molar-refractivity contribution in [3.63, 3.8) is 0 Å². The first kappa shape index (κ1) is 11.4. The summed E-state index contributed by atoms with van der Waals surface area (Å²) in [5, 5.41) is 9.36. The van der Waals surface area contributed by atoms with E-state index in [9.17, 15) is 0 Å². The Morgan fingerprint density at radius 1 is 1.43 bits per heavy atom. The smallest absolute Gasteiger partial charge is 0.0661 e. The van der Waals surface area contributed by atoms with E-state index < -0.39 is 0 Å². The van der Waals surface area contributed by atoms with E-state index in [2.05, 4.69) is 6.07 Å². The van der Waals surface area contributed by atoms with Crippen LogP contribution >= 0.6 is 23.4 Å². The van der Waals surface area contributed by atoms with Crippen LogP contribution in [0.25, 0.3) is 0 Å². The van der Waals surface area contributed by atoms with Gasteiger partial charge in [0.1, 0.15) is 0 Å². The van der Waals surface area contributed by atoms with Crippen molar-refractivity contribution in [2.75, 3.05) is 5.75 Å². The second-order valence-corrected chi connectivity index (χ2v) is 4.64. The highest BCUT2D eigenvalue weighted by Gasteiger charge is 1.99. The fourth-order valence-corrected chi connectivity index (χ4v) is 2.07. The Kier molecular flexibility index (Phi) is 4.86. The monoisotopic (exact) mass is 225 g/mol. The fourth-order valence-electron chi connectivity index (χ4n) is 0.971. The molecule has 0 bridgehead atoms. The molecule has 14 heavy (non-hydrogen) atoms. The average Bonchev–Trinajstić information content (AvgIpc) is 2.21. The highest BCUT2D eigenvalue weighted by atomic mass is 35.5. The Balaban J connectivity index is 2.32. The van der Waals surface area contributed by atoms with Gasteiger partial charge in [0.25, 0.3) is 0 Å². The molecule has 0 aliphatic rings. The molecule has 3 heteroatoms. The number of thioether (sulfide) groups is 1. The molecule has 1 aromatic carbocycles. The van der Waals surface area contributed by atoms with Crippen molar-refractivity contribution >= 4 is 23.4 Å². The lowest BCUT2D eigenvalue weighted by molar-refractivity contribution is 0.864. The molecule has 0 aromatic heterocycles. The van der Waals surface area contributed by atoms with Crippen molar-refractivity contribution in [3.05, 3.63) is 34.9 Å². The van der Waals surface area contributed by atoms with Crippen molar-refractivity contribution in [1.82, 2.24) is 0 Å². The lowest BCUT2D eigenvalue weighted by Gasteiger charge is -2.02. The third-order valence-electron chi connectivity index (χ3n) is 1.77. The van der Waals surface area contributed by atoms with Crippen LogP contribution in [0.1, 0.15) is 12.5 Å². The van der Waals surface area contributed by atoms with Crippen molar-refractivity contribution in [2.45, 2.75) is 12.7 Å². The molecule has 74 valence electrons. The molecule has 0 amide bonds. The predicted octanol–water partition coefficient (Wildman–Crippen LogP) is 3.73. The molecule has 1 aromatic rings. The molecule has 0 radical (unpaired) electrons. The van der Waals surface area contributed by atoms with Gasteiger partial charge in [0.15, 0.2) is 0 Å². The Morgan fingerprint density at radius 2 is 2.07 bits per heavy atom. The minimum Gasteiger partial charge on any atom is -0.198 e. The van der Waals surface area contributed by atoms with E-state index in [4.69, 9.17) is 16.9 Å². The number of benzene rings is 1. The number of halogens is 1. The zero-order valence-corrected chi connectivity index (χ0v) is 9.61. The molecule has 0 aliphatic carbocycles. The SMILES string of the molecule is CC(C#N)CSCc1ccc(Cl)cc1. The van der Waals surface area contributed by atoms with E-state index in [1.165, 1.54) is 5.56 Å². The van der Waals surface area contributed by atoms with Crippen LogP contribution in [0.15, 0.2) is 24.3 Å². The quantitative estimate of drug-likeness (QED) is 0.780. The second kappa shape index (κ2) is 5.95. The summed E-state index contributed by atoms with van der Waals surface area (Å²) in [4.78, 5) is 0. The number of rotatable bonds is 4. The number of nitrogens with zero attached hydrogens (tertiary/aromatic N) is 1. The van der Waals surface area contributed by atoms with E-state index in [0.29, 0.717) is 0 Å². The van der Waals surface area contributed by atoms with Crippen LogP contribution in [0.5, 0.6) is 0 Å². The maximum atomic E-state index is 8.59. The maximum absolute atomic E-state index is 8.59. The third-order valence-corrected chi connectivity index (χ3v) is 3.30. The topological polar surface area (TPSA) is 23.8 Å². The minimum atomic E-state index is 0.132. The maximum Gasteiger partial charge on any atom is 0.0661 e. The summed E-state index contributed by atoms with van der Waals surface area (Å²) in [6, 6.07) is 10.0. The molecule has 1 rings (SSSR count). The summed E-state index contributed by atoms with van der Waals surface area (Å²) in [6.45, 7) is 1.94. The van der Waals surface area contributed by atoms with Gasteiger partial charge in [0, 0.05) is 16.5 Å². The molecule has 1 unspecified atom stereocenters. The van der Waals surface area contributed by atoms with Gasteiger partial charge >= 0.3 is 0 Å². The van der Waals surface area contributed by atoms with E-state index in [1.807, 2.05) is 31.2 Å². The van der Waals surface area contributed by atoms with Crippen molar-refractivity contribution in [2.24, 2.45) is 5.92 Å². The molecule has 1 atom stereocenters. The first-order valence-corrected chi connectivity index (χ1v) is 5.97. The van der Waals surface area contributed by atoms with Crippen LogP contribution in [-0.2, 0) is 5.75 Å². The number of nitriles is 1. The van der Waals surface area contributed by atoms with Crippen molar-refractivity contribution in [1.29, 1.82) is 5.26 Å². The first-order valence-electron chi connectivity index (χ1n) is 4.44. The van der Waals surface area contributed by atoms with Crippen LogP contribution < -0.4 is 0 Å². The van der Waals surface area contributed by atoms with Crippen molar-refractivity contribution < 1.29 is 0 Å². The molecule has 0 heterocycles. The Bertz CT molecular complexity index is 315. The summed E-state index contributed by atoms with van der Waals surface area (Å²) < 4.78 is 0. The van der Waals surface area contributed by atoms with Gasteiger partial charge in [-0.1, -0.05) is 23.7 Å². The molecule has 0 saturated carbocycles. The highest BCUT2D eigenvalue weighted by Crippen LogP contribution is 2.17. The predicted molar refractivity (Wildman–Crippen MR) is 62.4 cm³/mol. The zero-order valence-electron chi connectivity index (χ0n) is 8.03. The van der Waals surface area contributed by atoms with Gasteiger partial charge in [-0.2, -0.15) is 17.0 Å². The lowest BCUT2D eigenvalue weighted by atomic mass is 10.2. The minimum absolute atomic E-state index is 0.132.